The Morgan fingerprint density at radius 3 is 2.80 bits per heavy atom. The van der Waals surface area contributed by atoms with Gasteiger partial charge in [0.25, 0.3) is 0 Å². The van der Waals surface area contributed by atoms with Crippen LogP contribution < -0.4 is 0 Å². The molecule has 2 atom stereocenters. The van der Waals surface area contributed by atoms with E-state index in [0.717, 1.165) is 23.9 Å². The number of hydrogen-bond donors (Lipinski definition) is 0. The molecule has 0 fully saturated rings. The van der Waals surface area contributed by atoms with Crippen LogP contribution in [0.25, 0.3) is 0 Å². The van der Waals surface area contributed by atoms with Crippen LogP contribution in [0, 0.1) is 0 Å². The fraction of sp³-hybridized carbons (Fsp3) is 0.533. The van der Waals surface area contributed by atoms with Crippen molar-refractivity contribution in [2.75, 3.05) is 13.7 Å². The summed E-state index contributed by atoms with van der Waals surface area (Å²) in [6.07, 6.45) is 0.0961. The number of rotatable bonds is 7. The second-order valence-corrected chi connectivity index (χ2v) is 6.75. The third kappa shape index (κ3) is 3.88. The van der Waals surface area contributed by atoms with E-state index in [-0.39, 0.29) is 6.10 Å². The second-order valence-electron chi connectivity index (χ2n) is 4.88. The largest absolute Gasteiger partial charge is 0.372 e. The lowest BCUT2D eigenvalue weighted by Crippen LogP contribution is -2.21. The van der Waals surface area contributed by atoms with Crippen LogP contribution in [-0.2, 0) is 11.3 Å². The van der Waals surface area contributed by atoms with Gasteiger partial charge in [0, 0.05) is 29.5 Å². The molecule has 2 heterocycles. The van der Waals surface area contributed by atoms with E-state index >= 15 is 0 Å². The summed E-state index contributed by atoms with van der Waals surface area (Å²) in [5.74, 6) is 0. The minimum Gasteiger partial charge on any atom is -0.372 e. The van der Waals surface area contributed by atoms with E-state index in [2.05, 4.69) is 53.7 Å². The van der Waals surface area contributed by atoms with Gasteiger partial charge < -0.3 is 4.74 Å². The number of ether oxygens (including phenoxy) is 1. The summed E-state index contributed by atoms with van der Waals surface area (Å²) >= 11 is 3.50. The van der Waals surface area contributed by atoms with Crippen molar-refractivity contribution in [3.05, 3.63) is 38.5 Å². The van der Waals surface area contributed by atoms with Crippen LogP contribution in [-0.4, -0.2) is 23.5 Å². The molecule has 0 aromatic carbocycles. The van der Waals surface area contributed by atoms with Crippen LogP contribution in [0.5, 0.6) is 0 Å². The summed E-state index contributed by atoms with van der Waals surface area (Å²) in [4.78, 5) is 8.41. The summed E-state index contributed by atoms with van der Waals surface area (Å²) in [7, 11) is 2.15. The Morgan fingerprint density at radius 2 is 2.15 bits per heavy atom. The van der Waals surface area contributed by atoms with Gasteiger partial charge in [-0.25, -0.2) is 4.98 Å². The van der Waals surface area contributed by atoms with Crippen molar-refractivity contribution in [3.8, 4) is 0 Å². The molecule has 0 N–H and O–H groups in total. The van der Waals surface area contributed by atoms with Crippen molar-refractivity contribution in [1.82, 2.24) is 9.88 Å². The molecule has 2 rings (SSSR count). The van der Waals surface area contributed by atoms with E-state index < -0.39 is 0 Å². The van der Waals surface area contributed by atoms with Gasteiger partial charge in [-0.2, -0.15) is 0 Å². The Morgan fingerprint density at radius 1 is 1.35 bits per heavy atom. The molecule has 0 spiro atoms. The van der Waals surface area contributed by atoms with Crippen LogP contribution in [0.2, 0.25) is 0 Å². The molecule has 0 aliphatic rings. The Kier molecular flexibility index (Phi) is 5.72. The molecular formula is C15H22N2OS2. The summed E-state index contributed by atoms with van der Waals surface area (Å²) in [6, 6.07) is 4.72. The van der Waals surface area contributed by atoms with E-state index in [1.807, 2.05) is 18.3 Å². The summed E-state index contributed by atoms with van der Waals surface area (Å²) in [5, 5.41) is 5.34. The predicted molar refractivity (Wildman–Crippen MR) is 86.4 cm³/mol. The third-order valence-electron chi connectivity index (χ3n) is 3.36. The summed E-state index contributed by atoms with van der Waals surface area (Å²) in [6.45, 7) is 7.91. The highest BCUT2D eigenvalue weighted by Crippen LogP contribution is 2.26. The fourth-order valence-corrected chi connectivity index (χ4v) is 3.70. The number of hydrogen-bond acceptors (Lipinski definition) is 5. The highest BCUT2D eigenvalue weighted by molar-refractivity contribution is 7.10. The van der Waals surface area contributed by atoms with Gasteiger partial charge in [0.05, 0.1) is 5.69 Å². The Bertz CT molecular complexity index is 510. The zero-order chi connectivity index (χ0) is 14.5. The molecular weight excluding hydrogens is 288 g/mol. The first-order chi connectivity index (χ1) is 9.61. The first-order valence-electron chi connectivity index (χ1n) is 6.91. The van der Waals surface area contributed by atoms with E-state index in [1.54, 1.807) is 11.3 Å². The Hall–Kier alpha value is -0.750. The van der Waals surface area contributed by atoms with Crippen molar-refractivity contribution in [2.45, 2.75) is 39.5 Å². The zero-order valence-electron chi connectivity index (χ0n) is 12.5. The molecule has 0 amide bonds. The Balaban J connectivity index is 1.96. The average Bonchev–Trinajstić information content (AvgIpc) is 3.09. The number of aromatic nitrogens is 1. The predicted octanol–water partition coefficient (Wildman–Crippen LogP) is 4.50. The highest BCUT2D eigenvalue weighted by Gasteiger charge is 2.15. The lowest BCUT2D eigenvalue weighted by atomic mass is 10.2. The van der Waals surface area contributed by atoms with Gasteiger partial charge in [0.1, 0.15) is 11.1 Å². The quantitative estimate of drug-likeness (QED) is 0.753. The molecule has 2 aromatic rings. The first-order valence-corrected chi connectivity index (χ1v) is 8.67. The summed E-state index contributed by atoms with van der Waals surface area (Å²) in [5.41, 5.74) is 1.13. The lowest BCUT2D eigenvalue weighted by molar-refractivity contribution is 0.0760. The van der Waals surface area contributed by atoms with Crippen LogP contribution in [0.1, 0.15) is 48.5 Å². The van der Waals surface area contributed by atoms with Crippen molar-refractivity contribution in [1.29, 1.82) is 0 Å². The average molecular weight is 310 g/mol. The lowest BCUT2D eigenvalue weighted by Gasteiger charge is -2.22. The van der Waals surface area contributed by atoms with Gasteiger partial charge in [-0.1, -0.05) is 6.07 Å². The molecule has 0 saturated heterocycles. The van der Waals surface area contributed by atoms with E-state index in [0.29, 0.717) is 6.04 Å². The van der Waals surface area contributed by atoms with Gasteiger partial charge in [-0.3, -0.25) is 4.90 Å². The molecule has 20 heavy (non-hydrogen) atoms. The maximum absolute atomic E-state index is 5.59. The van der Waals surface area contributed by atoms with Gasteiger partial charge >= 0.3 is 0 Å². The van der Waals surface area contributed by atoms with E-state index in [4.69, 9.17) is 4.74 Å². The standard InChI is InChI=1S/C15H22N2OS2/c1-5-18-12(3)15-16-13(10-20-15)9-17(4)11(2)14-7-6-8-19-14/h6-8,10-12H,5,9H2,1-4H3/t11-,12+/m0/s1. The van der Waals surface area contributed by atoms with Crippen molar-refractivity contribution >= 4 is 22.7 Å². The van der Waals surface area contributed by atoms with Gasteiger partial charge in [-0.15, -0.1) is 22.7 Å². The maximum atomic E-state index is 5.59. The van der Waals surface area contributed by atoms with E-state index in [9.17, 15) is 0 Å². The topological polar surface area (TPSA) is 25.4 Å². The van der Waals surface area contributed by atoms with Crippen LogP contribution >= 0.6 is 22.7 Å². The smallest absolute Gasteiger partial charge is 0.122 e. The van der Waals surface area contributed by atoms with E-state index in [1.165, 1.54) is 4.88 Å². The normalized spacial score (nSPS) is 14.7. The first kappa shape index (κ1) is 15.6. The number of thiazole rings is 1. The van der Waals surface area contributed by atoms with Gasteiger partial charge in [0.2, 0.25) is 0 Å². The molecule has 0 saturated carbocycles. The molecule has 110 valence electrons. The third-order valence-corrected chi connectivity index (χ3v) is 5.46. The molecule has 0 bridgehead atoms. The molecule has 5 heteroatoms. The van der Waals surface area contributed by atoms with Gasteiger partial charge in [0.15, 0.2) is 0 Å². The molecule has 3 nitrogen and oxygen atoms in total. The molecule has 0 radical (unpaired) electrons. The minimum absolute atomic E-state index is 0.0961. The molecule has 0 unspecified atom stereocenters. The maximum Gasteiger partial charge on any atom is 0.122 e. The van der Waals surface area contributed by atoms with Crippen molar-refractivity contribution in [3.63, 3.8) is 0 Å². The van der Waals surface area contributed by atoms with Crippen LogP contribution in [0.15, 0.2) is 22.9 Å². The number of nitrogens with zero attached hydrogens (tertiary/aromatic N) is 2. The SMILES string of the molecule is CCO[C@H](C)c1nc(CN(C)[C@@H](C)c2cccs2)cs1. The van der Waals surface area contributed by atoms with Crippen molar-refractivity contribution < 1.29 is 4.74 Å². The summed E-state index contributed by atoms with van der Waals surface area (Å²) < 4.78 is 5.59. The molecule has 0 aliphatic carbocycles. The molecule has 2 aromatic heterocycles. The molecule has 0 aliphatic heterocycles. The van der Waals surface area contributed by atoms with Crippen LogP contribution in [0.4, 0.5) is 0 Å². The minimum atomic E-state index is 0.0961. The Labute approximate surface area is 129 Å². The second kappa shape index (κ2) is 7.31. The van der Waals surface area contributed by atoms with Crippen LogP contribution in [0.3, 0.4) is 0 Å². The fourth-order valence-electron chi connectivity index (χ4n) is 2.04. The monoisotopic (exact) mass is 310 g/mol. The van der Waals surface area contributed by atoms with Crippen molar-refractivity contribution in [2.24, 2.45) is 0 Å². The van der Waals surface area contributed by atoms with Gasteiger partial charge in [-0.05, 0) is 39.3 Å². The highest BCUT2D eigenvalue weighted by atomic mass is 32.1. The number of thiophene rings is 1. The zero-order valence-corrected chi connectivity index (χ0v) is 14.1.